The molecule has 0 saturated heterocycles. The van der Waals surface area contributed by atoms with Gasteiger partial charge in [-0.1, -0.05) is 12.8 Å². The number of hydrogen-bond donors (Lipinski definition) is 2. The van der Waals surface area contributed by atoms with Crippen LogP contribution in [0.5, 0.6) is 0 Å². The van der Waals surface area contributed by atoms with Crippen molar-refractivity contribution in [2.24, 2.45) is 5.73 Å². The molecule has 1 aromatic heterocycles. The molecule has 0 aliphatic heterocycles. The Morgan fingerprint density at radius 2 is 2.29 bits per heavy atom. The molecule has 3 N–H and O–H groups in total. The third kappa shape index (κ3) is 3.06. The van der Waals surface area contributed by atoms with E-state index in [9.17, 15) is 4.79 Å². The van der Waals surface area contributed by atoms with E-state index >= 15 is 0 Å². The first kappa shape index (κ1) is 12.1. The molecule has 0 aromatic carbocycles. The molecule has 1 fully saturated rings. The maximum Gasteiger partial charge on any atom is 0.224 e. The predicted octanol–water partition coefficient (Wildman–Crippen LogP) is 1.03. The number of H-pyrrole nitrogens is 1. The number of nitrogens with one attached hydrogen (secondary N) is 1. The van der Waals surface area contributed by atoms with Crippen molar-refractivity contribution in [3.63, 3.8) is 0 Å². The van der Waals surface area contributed by atoms with Gasteiger partial charge in [-0.25, -0.2) is 4.98 Å². The lowest BCUT2D eigenvalue weighted by Gasteiger charge is -2.25. The lowest BCUT2D eigenvalue weighted by Crippen LogP contribution is -2.42. The summed E-state index contributed by atoms with van der Waals surface area (Å²) in [6, 6.07) is 0. The average molecular weight is 236 g/mol. The summed E-state index contributed by atoms with van der Waals surface area (Å²) in [5.74, 6) is 0.907. The molecule has 5 heteroatoms. The molecule has 1 aliphatic rings. The lowest BCUT2D eigenvalue weighted by atomic mass is 9.94. The fraction of sp³-hybridized carbons (Fsp3) is 0.667. The second kappa shape index (κ2) is 4.87. The maximum atomic E-state index is 12.0. The van der Waals surface area contributed by atoms with Gasteiger partial charge in [0.15, 0.2) is 0 Å². The molecule has 0 atom stereocenters. The molecule has 1 aliphatic carbocycles. The van der Waals surface area contributed by atoms with Crippen molar-refractivity contribution in [3.8, 4) is 0 Å². The van der Waals surface area contributed by atoms with Crippen LogP contribution in [-0.2, 0) is 11.3 Å². The number of carbonyl (C=O) groups is 1. The number of aromatic nitrogens is 2. The SMILES string of the molecule is CN(Cc1ncc[nH]1)C(=O)CC1(N)CCCC1. The molecular formula is C12H20N4O. The third-order valence-corrected chi connectivity index (χ3v) is 3.47. The molecule has 0 spiro atoms. The summed E-state index contributed by atoms with van der Waals surface area (Å²) in [5.41, 5.74) is 5.93. The first-order valence-corrected chi connectivity index (χ1v) is 6.10. The molecule has 17 heavy (non-hydrogen) atoms. The van der Waals surface area contributed by atoms with Gasteiger partial charge in [-0.05, 0) is 12.8 Å². The van der Waals surface area contributed by atoms with Gasteiger partial charge in [-0.3, -0.25) is 4.79 Å². The van der Waals surface area contributed by atoms with E-state index < -0.39 is 0 Å². The number of hydrogen-bond acceptors (Lipinski definition) is 3. The van der Waals surface area contributed by atoms with E-state index in [-0.39, 0.29) is 11.4 Å². The predicted molar refractivity (Wildman–Crippen MR) is 65.1 cm³/mol. The maximum absolute atomic E-state index is 12.0. The Morgan fingerprint density at radius 1 is 1.59 bits per heavy atom. The monoisotopic (exact) mass is 236 g/mol. The summed E-state index contributed by atoms with van der Waals surface area (Å²) in [5, 5.41) is 0. The number of nitrogens with two attached hydrogens (primary N) is 1. The van der Waals surface area contributed by atoms with Gasteiger partial charge in [-0.2, -0.15) is 0 Å². The number of carbonyl (C=O) groups excluding carboxylic acids is 1. The van der Waals surface area contributed by atoms with E-state index in [1.807, 2.05) is 0 Å². The first-order chi connectivity index (χ1) is 8.09. The Labute approximate surface area is 101 Å². The van der Waals surface area contributed by atoms with Gasteiger partial charge >= 0.3 is 0 Å². The summed E-state index contributed by atoms with van der Waals surface area (Å²) >= 11 is 0. The van der Waals surface area contributed by atoms with Gasteiger partial charge in [0.25, 0.3) is 0 Å². The third-order valence-electron chi connectivity index (χ3n) is 3.47. The van der Waals surface area contributed by atoms with Gasteiger partial charge in [0.05, 0.1) is 6.54 Å². The van der Waals surface area contributed by atoms with Crippen molar-refractivity contribution in [2.75, 3.05) is 7.05 Å². The minimum atomic E-state index is -0.269. The first-order valence-electron chi connectivity index (χ1n) is 6.10. The van der Waals surface area contributed by atoms with E-state index in [1.54, 1.807) is 24.3 Å². The van der Waals surface area contributed by atoms with Gasteiger partial charge in [0.2, 0.25) is 5.91 Å². The van der Waals surface area contributed by atoms with E-state index in [2.05, 4.69) is 9.97 Å². The lowest BCUT2D eigenvalue weighted by molar-refractivity contribution is -0.131. The largest absolute Gasteiger partial charge is 0.347 e. The Kier molecular flexibility index (Phi) is 3.47. The normalized spacial score (nSPS) is 18.2. The van der Waals surface area contributed by atoms with Crippen LogP contribution in [-0.4, -0.2) is 33.4 Å². The topological polar surface area (TPSA) is 75.0 Å². The van der Waals surface area contributed by atoms with Crippen LogP contribution in [0.1, 0.15) is 37.9 Å². The number of nitrogens with zero attached hydrogens (tertiary/aromatic N) is 2. The summed E-state index contributed by atoms with van der Waals surface area (Å²) in [4.78, 5) is 20.8. The van der Waals surface area contributed by atoms with Crippen molar-refractivity contribution in [2.45, 2.75) is 44.2 Å². The summed E-state index contributed by atoms with van der Waals surface area (Å²) in [7, 11) is 1.79. The van der Waals surface area contributed by atoms with Crippen molar-refractivity contribution in [1.29, 1.82) is 0 Å². The minimum Gasteiger partial charge on any atom is -0.347 e. The average Bonchev–Trinajstić information content (AvgIpc) is 2.90. The summed E-state index contributed by atoms with van der Waals surface area (Å²) in [6.45, 7) is 0.516. The highest BCUT2D eigenvalue weighted by molar-refractivity contribution is 5.77. The standard InChI is InChI=1S/C12H20N4O/c1-16(9-10-14-6-7-15-10)11(17)8-12(13)4-2-3-5-12/h6-7H,2-5,8-9,13H2,1H3,(H,14,15). The van der Waals surface area contributed by atoms with E-state index in [4.69, 9.17) is 5.73 Å². The smallest absolute Gasteiger partial charge is 0.224 e. The van der Waals surface area contributed by atoms with Gasteiger partial charge in [-0.15, -0.1) is 0 Å². The van der Waals surface area contributed by atoms with E-state index in [0.717, 1.165) is 31.5 Å². The second-order valence-electron chi connectivity index (χ2n) is 5.03. The van der Waals surface area contributed by atoms with Crippen LogP contribution in [0, 0.1) is 0 Å². The van der Waals surface area contributed by atoms with Crippen LogP contribution >= 0.6 is 0 Å². The summed E-state index contributed by atoms with van der Waals surface area (Å²) < 4.78 is 0. The molecule has 1 heterocycles. The van der Waals surface area contributed by atoms with Crippen molar-refractivity contribution in [3.05, 3.63) is 18.2 Å². The van der Waals surface area contributed by atoms with Crippen LogP contribution in [0.4, 0.5) is 0 Å². The van der Waals surface area contributed by atoms with E-state index in [0.29, 0.717) is 13.0 Å². The van der Waals surface area contributed by atoms with Crippen molar-refractivity contribution < 1.29 is 4.79 Å². The molecule has 0 unspecified atom stereocenters. The second-order valence-corrected chi connectivity index (χ2v) is 5.03. The fourth-order valence-corrected chi connectivity index (χ4v) is 2.39. The van der Waals surface area contributed by atoms with E-state index in [1.165, 1.54) is 0 Å². The Balaban J connectivity index is 1.87. The number of amides is 1. The molecule has 0 radical (unpaired) electrons. The zero-order chi connectivity index (χ0) is 12.3. The summed E-state index contributed by atoms with van der Waals surface area (Å²) in [6.07, 6.45) is 8.12. The quantitative estimate of drug-likeness (QED) is 0.820. The van der Waals surface area contributed by atoms with Crippen LogP contribution in [0.25, 0.3) is 0 Å². The highest BCUT2D eigenvalue weighted by Gasteiger charge is 2.32. The molecule has 0 bridgehead atoms. The zero-order valence-corrected chi connectivity index (χ0v) is 10.3. The molecule has 1 aromatic rings. The Bertz CT molecular complexity index is 368. The molecule has 1 amide bonds. The highest BCUT2D eigenvalue weighted by atomic mass is 16.2. The zero-order valence-electron chi connectivity index (χ0n) is 10.3. The number of aromatic amines is 1. The van der Waals surface area contributed by atoms with Crippen molar-refractivity contribution in [1.82, 2.24) is 14.9 Å². The van der Waals surface area contributed by atoms with Gasteiger partial charge in [0.1, 0.15) is 5.82 Å². The Hall–Kier alpha value is -1.36. The Morgan fingerprint density at radius 3 is 2.88 bits per heavy atom. The number of rotatable bonds is 4. The molecular weight excluding hydrogens is 216 g/mol. The molecule has 94 valence electrons. The van der Waals surface area contributed by atoms with Gasteiger partial charge in [0, 0.05) is 31.4 Å². The highest BCUT2D eigenvalue weighted by Crippen LogP contribution is 2.30. The van der Waals surface area contributed by atoms with Crippen molar-refractivity contribution >= 4 is 5.91 Å². The molecule has 2 rings (SSSR count). The van der Waals surface area contributed by atoms with Crippen LogP contribution in [0.2, 0.25) is 0 Å². The fourth-order valence-electron chi connectivity index (χ4n) is 2.39. The molecule has 1 saturated carbocycles. The molecule has 5 nitrogen and oxygen atoms in total. The number of imidazole rings is 1. The van der Waals surface area contributed by atoms with Crippen LogP contribution in [0.15, 0.2) is 12.4 Å². The van der Waals surface area contributed by atoms with Gasteiger partial charge < -0.3 is 15.6 Å². The minimum absolute atomic E-state index is 0.103. The van der Waals surface area contributed by atoms with Crippen LogP contribution in [0.3, 0.4) is 0 Å². The van der Waals surface area contributed by atoms with Crippen LogP contribution < -0.4 is 5.73 Å².